The summed E-state index contributed by atoms with van der Waals surface area (Å²) < 4.78 is 33.1. The van der Waals surface area contributed by atoms with Crippen LogP contribution in [-0.2, 0) is 17.7 Å². The van der Waals surface area contributed by atoms with Crippen molar-refractivity contribution >= 4 is 39.6 Å². The Labute approximate surface area is 174 Å². The molecule has 3 heterocycles. The summed E-state index contributed by atoms with van der Waals surface area (Å²) in [5, 5.41) is 0. The Morgan fingerprint density at radius 3 is 2.79 bits per heavy atom. The van der Waals surface area contributed by atoms with Gasteiger partial charge >= 0.3 is 6.08 Å². The SMILES string of the molecule is CCCOCCn1c(Cc2cc3c(cc2I)OCO3)nc2c(N)nc(F)nc21. The molecule has 2 N–H and O–H groups in total. The summed E-state index contributed by atoms with van der Waals surface area (Å²) in [5.74, 6) is 2.16. The van der Waals surface area contributed by atoms with E-state index in [1.165, 1.54) is 0 Å². The van der Waals surface area contributed by atoms with Crippen LogP contribution in [0.1, 0.15) is 24.7 Å². The molecule has 0 radical (unpaired) electrons. The zero-order chi connectivity index (χ0) is 19.7. The van der Waals surface area contributed by atoms with E-state index in [4.69, 9.17) is 19.9 Å². The predicted octanol–water partition coefficient (Wildman–Crippen LogP) is 2.90. The normalized spacial score (nSPS) is 12.8. The van der Waals surface area contributed by atoms with Gasteiger partial charge in [-0.1, -0.05) is 6.92 Å². The molecule has 1 aliphatic rings. The lowest BCUT2D eigenvalue weighted by atomic mass is 10.1. The van der Waals surface area contributed by atoms with Crippen molar-refractivity contribution in [3.05, 3.63) is 33.2 Å². The second-order valence-corrected chi connectivity index (χ2v) is 7.48. The molecule has 3 aromatic rings. The van der Waals surface area contributed by atoms with Crippen molar-refractivity contribution in [2.45, 2.75) is 26.3 Å². The fourth-order valence-electron chi connectivity index (χ4n) is 3.08. The van der Waals surface area contributed by atoms with Gasteiger partial charge in [-0.05, 0) is 46.7 Å². The van der Waals surface area contributed by atoms with E-state index in [0.29, 0.717) is 48.9 Å². The van der Waals surface area contributed by atoms with Crippen LogP contribution in [0.2, 0.25) is 0 Å². The minimum absolute atomic E-state index is 0.0253. The van der Waals surface area contributed by atoms with Crippen LogP contribution in [0.3, 0.4) is 0 Å². The van der Waals surface area contributed by atoms with E-state index >= 15 is 0 Å². The topological polar surface area (TPSA) is 97.3 Å². The Balaban J connectivity index is 1.72. The zero-order valence-corrected chi connectivity index (χ0v) is 17.4. The Morgan fingerprint density at radius 1 is 1.21 bits per heavy atom. The molecule has 0 unspecified atom stereocenters. The first-order valence-corrected chi connectivity index (χ1v) is 9.98. The molecular weight excluding hydrogens is 480 g/mol. The first-order chi connectivity index (χ1) is 13.6. The smallest absolute Gasteiger partial charge is 0.312 e. The van der Waals surface area contributed by atoms with Gasteiger partial charge in [-0.15, -0.1) is 0 Å². The van der Waals surface area contributed by atoms with Crippen LogP contribution >= 0.6 is 22.6 Å². The van der Waals surface area contributed by atoms with E-state index in [1.807, 2.05) is 23.6 Å². The highest BCUT2D eigenvalue weighted by Gasteiger charge is 2.20. The molecule has 0 bridgehead atoms. The number of hydrogen-bond donors (Lipinski definition) is 1. The van der Waals surface area contributed by atoms with Crippen molar-refractivity contribution in [2.24, 2.45) is 0 Å². The van der Waals surface area contributed by atoms with Crippen LogP contribution in [0, 0.1) is 9.65 Å². The van der Waals surface area contributed by atoms with E-state index < -0.39 is 6.08 Å². The Morgan fingerprint density at radius 2 is 2.00 bits per heavy atom. The number of benzene rings is 1. The number of nitrogens with zero attached hydrogens (tertiary/aromatic N) is 4. The van der Waals surface area contributed by atoms with Crippen molar-refractivity contribution in [1.82, 2.24) is 19.5 Å². The van der Waals surface area contributed by atoms with Gasteiger partial charge in [-0.2, -0.15) is 14.4 Å². The Hall–Kier alpha value is -2.21. The first-order valence-electron chi connectivity index (χ1n) is 8.90. The highest BCUT2D eigenvalue weighted by Crippen LogP contribution is 2.36. The highest BCUT2D eigenvalue weighted by atomic mass is 127. The van der Waals surface area contributed by atoms with Crippen LogP contribution in [0.5, 0.6) is 11.5 Å². The summed E-state index contributed by atoms with van der Waals surface area (Å²) in [4.78, 5) is 12.1. The molecule has 0 saturated heterocycles. The Kier molecular flexibility index (Phi) is 5.49. The molecule has 4 rings (SSSR count). The van der Waals surface area contributed by atoms with Gasteiger partial charge in [0, 0.05) is 23.1 Å². The summed E-state index contributed by atoms with van der Waals surface area (Å²) in [7, 11) is 0. The average Bonchev–Trinajstić information content (AvgIpc) is 3.24. The summed E-state index contributed by atoms with van der Waals surface area (Å²) >= 11 is 2.25. The fourth-order valence-corrected chi connectivity index (χ4v) is 3.71. The van der Waals surface area contributed by atoms with Gasteiger partial charge in [0.2, 0.25) is 6.79 Å². The lowest BCUT2D eigenvalue weighted by Gasteiger charge is -2.11. The minimum atomic E-state index is -0.871. The maximum atomic E-state index is 13.8. The molecule has 0 fully saturated rings. The van der Waals surface area contributed by atoms with E-state index in [9.17, 15) is 4.39 Å². The number of aromatic nitrogens is 4. The summed E-state index contributed by atoms with van der Waals surface area (Å²) in [6, 6.07) is 3.88. The largest absolute Gasteiger partial charge is 0.454 e. The molecule has 2 aromatic heterocycles. The molecule has 0 aliphatic carbocycles. The van der Waals surface area contributed by atoms with Gasteiger partial charge in [0.05, 0.1) is 6.61 Å². The number of nitrogens with two attached hydrogens (primary N) is 1. The summed E-state index contributed by atoms with van der Waals surface area (Å²) in [6.45, 7) is 3.88. The number of hydrogen-bond acceptors (Lipinski definition) is 7. The van der Waals surface area contributed by atoms with Crippen molar-refractivity contribution < 1.29 is 18.6 Å². The molecular formula is C18H19FIN5O3. The molecule has 148 valence electrons. The number of imidazole rings is 1. The number of halogens is 2. The predicted molar refractivity (Wildman–Crippen MR) is 109 cm³/mol. The maximum absolute atomic E-state index is 13.8. The molecule has 0 saturated carbocycles. The number of fused-ring (bicyclic) bond motifs is 2. The molecule has 28 heavy (non-hydrogen) atoms. The Bertz CT molecular complexity index is 1030. The minimum Gasteiger partial charge on any atom is -0.454 e. The quantitative estimate of drug-likeness (QED) is 0.303. The van der Waals surface area contributed by atoms with Gasteiger partial charge in [0.15, 0.2) is 28.5 Å². The van der Waals surface area contributed by atoms with Gasteiger partial charge < -0.3 is 24.5 Å². The number of ether oxygens (including phenoxy) is 3. The average molecular weight is 499 g/mol. The van der Waals surface area contributed by atoms with Crippen LogP contribution in [0.4, 0.5) is 10.2 Å². The number of rotatable bonds is 7. The third-order valence-corrected chi connectivity index (χ3v) is 5.38. The van der Waals surface area contributed by atoms with E-state index in [0.717, 1.165) is 21.3 Å². The number of anilines is 1. The lowest BCUT2D eigenvalue weighted by Crippen LogP contribution is -2.12. The first kappa shape index (κ1) is 19.1. The van der Waals surface area contributed by atoms with Crippen molar-refractivity contribution in [1.29, 1.82) is 0 Å². The van der Waals surface area contributed by atoms with Gasteiger partial charge in [0.25, 0.3) is 0 Å². The van der Waals surface area contributed by atoms with Gasteiger partial charge in [-0.25, -0.2) is 4.98 Å². The third kappa shape index (κ3) is 3.70. The molecule has 1 aromatic carbocycles. The molecule has 10 heteroatoms. The standard InChI is InChI=1S/C18H19FIN5O3/c1-2-4-26-5-3-25-14(22-15-16(21)23-18(19)24-17(15)25)7-10-6-12-13(8-11(10)20)28-9-27-12/h6,8H,2-5,7,9H2,1H3,(H2,21,23,24). The van der Waals surface area contributed by atoms with Crippen LogP contribution in [0.15, 0.2) is 12.1 Å². The third-order valence-electron chi connectivity index (χ3n) is 4.37. The van der Waals surface area contributed by atoms with Gasteiger partial charge in [0.1, 0.15) is 5.82 Å². The number of nitrogen functional groups attached to an aromatic ring is 1. The molecule has 0 atom stereocenters. The van der Waals surface area contributed by atoms with E-state index in [-0.39, 0.29) is 12.6 Å². The molecule has 0 spiro atoms. The van der Waals surface area contributed by atoms with Crippen molar-refractivity contribution in [3.8, 4) is 11.5 Å². The fraction of sp³-hybridized carbons (Fsp3) is 0.389. The van der Waals surface area contributed by atoms with Crippen LogP contribution in [0.25, 0.3) is 11.2 Å². The molecule has 8 nitrogen and oxygen atoms in total. The van der Waals surface area contributed by atoms with Crippen LogP contribution in [-0.4, -0.2) is 39.5 Å². The second kappa shape index (κ2) is 8.03. The molecule has 1 aliphatic heterocycles. The zero-order valence-electron chi connectivity index (χ0n) is 15.2. The maximum Gasteiger partial charge on any atom is 0.312 e. The highest BCUT2D eigenvalue weighted by molar-refractivity contribution is 14.1. The molecule has 0 amide bonds. The second-order valence-electron chi connectivity index (χ2n) is 6.32. The monoisotopic (exact) mass is 499 g/mol. The summed E-state index contributed by atoms with van der Waals surface area (Å²) in [5.41, 5.74) is 7.66. The lowest BCUT2D eigenvalue weighted by molar-refractivity contribution is 0.127. The van der Waals surface area contributed by atoms with Gasteiger partial charge in [-0.3, -0.25) is 0 Å². The van der Waals surface area contributed by atoms with Crippen molar-refractivity contribution in [3.63, 3.8) is 0 Å². The summed E-state index contributed by atoms with van der Waals surface area (Å²) in [6.07, 6.45) is 0.557. The van der Waals surface area contributed by atoms with Crippen molar-refractivity contribution in [2.75, 3.05) is 25.7 Å². The van der Waals surface area contributed by atoms with E-state index in [2.05, 4.69) is 37.5 Å². The van der Waals surface area contributed by atoms with E-state index in [1.54, 1.807) is 0 Å². The van der Waals surface area contributed by atoms with Crippen LogP contribution < -0.4 is 15.2 Å².